The number of nitrogens with one attached hydrogen (secondary N) is 2. The van der Waals surface area contributed by atoms with E-state index in [1.54, 1.807) is 13.4 Å². The third-order valence-electron chi connectivity index (χ3n) is 4.92. The summed E-state index contributed by atoms with van der Waals surface area (Å²) in [6.07, 6.45) is 1.66. The number of benzene rings is 1. The molecule has 0 spiro atoms. The average molecular weight is 413 g/mol. The van der Waals surface area contributed by atoms with Gasteiger partial charge in [0.2, 0.25) is 5.95 Å². The molecule has 132 valence electrons. The van der Waals surface area contributed by atoms with Gasteiger partial charge in [-0.3, -0.25) is 0 Å². The van der Waals surface area contributed by atoms with Gasteiger partial charge < -0.3 is 19.9 Å². The topological polar surface area (TPSA) is 79.0 Å². The molecule has 0 radical (unpaired) electrons. The molecule has 0 amide bonds. The van der Waals surface area contributed by atoms with Crippen molar-refractivity contribution in [1.82, 2.24) is 25.3 Å². The zero-order chi connectivity index (χ0) is 17.7. The maximum absolute atomic E-state index is 5.34. The molecule has 1 aromatic carbocycles. The summed E-state index contributed by atoms with van der Waals surface area (Å²) >= 11 is 3.56. The molecule has 0 saturated heterocycles. The number of nitrogens with zero attached hydrogens (tertiary/aromatic N) is 4. The lowest BCUT2D eigenvalue weighted by molar-refractivity contribution is 0.412. The van der Waals surface area contributed by atoms with Crippen molar-refractivity contribution in [1.29, 1.82) is 0 Å². The number of H-pyrrole nitrogens is 1. The van der Waals surface area contributed by atoms with E-state index in [0.717, 1.165) is 59.1 Å². The van der Waals surface area contributed by atoms with Crippen LogP contribution < -0.4 is 15.0 Å². The van der Waals surface area contributed by atoms with Crippen LogP contribution >= 0.6 is 15.9 Å². The van der Waals surface area contributed by atoms with Crippen molar-refractivity contribution < 1.29 is 4.74 Å². The van der Waals surface area contributed by atoms with Crippen LogP contribution in [0.15, 0.2) is 40.1 Å². The van der Waals surface area contributed by atoms with Crippen LogP contribution in [0.25, 0.3) is 22.4 Å². The minimum Gasteiger partial charge on any atom is -0.496 e. The first-order chi connectivity index (χ1) is 12.7. The number of hydrogen-bond donors (Lipinski definition) is 2. The smallest absolute Gasteiger partial charge is 0.228 e. The fraction of sp³-hybridized carbons (Fsp3) is 0.278. The molecule has 3 aromatic rings. The molecule has 0 unspecified atom stereocenters. The fourth-order valence-electron chi connectivity index (χ4n) is 3.59. The molecule has 2 aliphatic heterocycles. The molecule has 2 N–H and O–H groups in total. The van der Waals surface area contributed by atoms with E-state index in [4.69, 9.17) is 9.72 Å². The van der Waals surface area contributed by atoms with E-state index in [1.165, 1.54) is 11.1 Å². The lowest BCUT2D eigenvalue weighted by atomic mass is 10.1. The summed E-state index contributed by atoms with van der Waals surface area (Å²) in [6, 6.07) is 5.94. The zero-order valence-corrected chi connectivity index (χ0v) is 15.8. The lowest BCUT2D eigenvalue weighted by Crippen LogP contribution is -2.28. The molecule has 26 heavy (non-hydrogen) atoms. The highest BCUT2D eigenvalue weighted by molar-refractivity contribution is 9.10. The van der Waals surface area contributed by atoms with Crippen molar-refractivity contribution in [3.8, 4) is 17.0 Å². The first kappa shape index (κ1) is 15.8. The van der Waals surface area contributed by atoms with Gasteiger partial charge in [-0.2, -0.15) is 4.98 Å². The van der Waals surface area contributed by atoms with Gasteiger partial charge in [-0.25, -0.2) is 9.97 Å². The lowest BCUT2D eigenvalue weighted by Gasteiger charge is -2.19. The molecule has 5 rings (SSSR count). The minimum atomic E-state index is 0.683. The predicted octanol–water partition coefficient (Wildman–Crippen LogP) is 2.51. The Bertz CT molecular complexity index is 1030. The Morgan fingerprint density at radius 2 is 1.96 bits per heavy atom. The number of fused-ring (bicyclic) bond motifs is 1. The highest BCUT2D eigenvalue weighted by Crippen LogP contribution is 2.33. The van der Waals surface area contributed by atoms with E-state index in [-0.39, 0.29) is 0 Å². The number of aromatic amines is 1. The van der Waals surface area contributed by atoms with Crippen LogP contribution in [0.3, 0.4) is 0 Å². The average Bonchev–Trinajstić information content (AvgIpc) is 3.35. The maximum atomic E-state index is 5.34. The van der Waals surface area contributed by atoms with Crippen LogP contribution in [0.5, 0.6) is 5.75 Å². The molecule has 7 nitrogen and oxygen atoms in total. The van der Waals surface area contributed by atoms with Gasteiger partial charge in [-0.15, -0.1) is 0 Å². The normalized spacial score (nSPS) is 16.6. The van der Waals surface area contributed by atoms with E-state index < -0.39 is 0 Å². The Hall–Kier alpha value is -2.45. The summed E-state index contributed by atoms with van der Waals surface area (Å²) in [7, 11) is 1.66. The highest BCUT2D eigenvalue weighted by atomic mass is 79.9. The van der Waals surface area contributed by atoms with Crippen molar-refractivity contribution in [3.63, 3.8) is 0 Å². The van der Waals surface area contributed by atoms with Crippen LogP contribution in [0.2, 0.25) is 0 Å². The molecule has 0 bridgehead atoms. The third-order valence-corrected chi connectivity index (χ3v) is 5.54. The SMILES string of the molecule is COc1ccc(-c2nc(N3CC4=C(CNC4)C3)nc3nc[nH]c23)cc1Br. The second kappa shape index (κ2) is 6.07. The molecule has 0 atom stereocenters. The van der Waals surface area contributed by atoms with Gasteiger partial charge in [0.1, 0.15) is 17.0 Å². The minimum absolute atomic E-state index is 0.683. The quantitative estimate of drug-likeness (QED) is 0.643. The number of imidazole rings is 1. The molecule has 8 heteroatoms. The van der Waals surface area contributed by atoms with Gasteiger partial charge in [0.25, 0.3) is 0 Å². The van der Waals surface area contributed by atoms with E-state index >= 15 is 0 Å². The van der Waals surface area contributed by atoms with Gasteiger partial charge in [-0.05, 0) is 45.3 Å². The van der Waals surface area contributed by atoms with Crippen LogP contribution in [0.1, 0.15) is 0 Å². The van der Waals surface area contributed by atoms with E-state index in [1.807, 2.05) is 18.2 Å². The number of aromatic nitrogens is 4. The first-order valence-electron chi connectivity index (χ1n) is 8.43. The Labute approximate surface area is 158 Å². The Morgan fingerprint density at radius 1 is 1.15 bits per heavy atom. The molecular weight excluding hydrogens is 396 g/mol. The van der Waals surface area contributed by atoms with Gasteiger partial charge in [0.15, 0.2) is 5.65 Å². The summed E-state index contributed by atoms with van der Waals surface area (Å²) in [6.45, 7) is 3.69. The van der Waals surface area contributed by atoms with Crippen LogP contribution in [-0.4, -0.2) is 53.2 Å². The molecular formula is C18H17BrN6O. The van der Waals surface area contributed by atoms with Crippen LogP contribution in [-0.2, 0) is 0 Å². The standard InChI is InChI=1S/C18H17BrN6O/c1-26-14-3-2-10(4-13(14)19)15-16-17(22-9-21-16)24-18(23-15)25-7-11-5-20-6-12(11)8-25/h2-4,9,20H,5-8H2,1H3,(H,21,22,23,24). The first-order valence-corrected chi connectivity index (χ1v) is 9.22. The Balaban J connectivity index is 1.59. The molecule has 0 fully saturated rings. The number of hydrogen-bond acceptors (Lipinski definition) is 6. The molecule has 2 aromatic heterocycles. The molecule has 0 aliphatic carbocycles. The van der Waals surface area contributed by atoms with Crippen molar-refractivity contribution in [2.75, 3.05) is 38.2 Å². The summed E-state index contributed by atoms with van der Waals surface area (Å²) in [5.74, 6) is 1.51. The summed E-state index contributed by atoms with van der Waals surface area (Å²) in [5, 5.41) is 3.40. The van der Waals surface area contributed by atoms with E-state index in [9.17, 15) is 0 Å². The molecule has 2 aliphatic rings. The number of rotatable bonds is 3. The number of ether oxygens (including phenoxy) is 1. The van der Waals surface area contributed by atoms with Gasteiger partial charge in [0.05, 0.1) is 17.9 Å². The monoisotopic (exact) mass is 412 g/mol. The maximum Gasteiger partial charge on any atom is 0.228 e. The van der Waals surface area contributed by atoms with Crippen molar-refractivity contribution >= 4 is 33.0 Å². The molecule has 4 heterocycles. The molecule has 0 saturated carbocycles. The Morgan fingerprint density at radius 3 is 2.69 bits per heavy atom. The third kappa shape index (κ3) is 2.48. The summed E-state index contributed by atoms with van der Waals surface area (Å²) in [4.78, 5) is 19.3. The van der Waals surface area contributed by atoms with Crippen LogP contribution in [0, 0.1) is 0 Å². The summed E-state index contributed by atoms with van der Waals surface area (Å²) in [5.41, 5.74) is 6.27. The van der Waals surface area contributed by atoms with Gasteiger partial charge in [0, 0.05) is 31.7 Å². The largest absolute Gasteiger partial charge is 0.496 e. The highest BCUT2D eigenvalue weighted by Gasteiger charge is 2.27. The fourth-order valence-corrected chi connectivity index (χ4v) is 4.13. The van der Waals surface area contributed by atoms with E-state index in [2.05, 4.69) is 41.1 Å². The Kier molecular flexibility index (Phi) is 3.68. The second-order valence-electron chi connectivity index (χ2n) is 6.49. The second-order valence-corrected chi connectivity index (χ2v) is 7.34. The van der Waals surface area contributed by atoms with E-state index in [0.29, 0.717) is 5.65 Å². The predicted molar refractivity (Wildman–Crippen MR) is 103 cm³/mol. The van der Waals surface area contributed by atoms with Crippen molar-refractivity contribution in [3.05, 3.63) is 40.1 Å². The number of halogens is 1. The number of anilines is 1. The van der Waals surface area contributed by atoms with Crippen molar-refractivity contribution in [2.45, 2.75) is 0 Å². The van der Waals surface area contributed by atoms with Gasteiger partial charge >= 0.3 is 0 Å². The summed E-state index contributed by atoms with van der Waals surface area (Å²) < 4.78 is 6.22. The van der Waals surface area contributed by atoms with Crippen molar-refractivity contribution in [2.24, 2.45) is 0 Å². The number of methoxy groups -OCH3 is 1. The zero-order valence-electron chi connectivity index (χ0n) is 14.2. The van der Waals surface area contributed by atoms with Gasteiger partial charge in [-0.1, -0.05) is 0 Å². The van der Waals surface area contributed by atoms with Crippen LogP contribution in [0.4, 0.5) is 5.95 Å².